The first-order valence-corrected chi connectivity index (χ1v) is 8.62. The first-order chi connectivity index (χ1) is 10.8. The molecule has 2 nitrogen and oxygen atoms in total. The van der Waals surface area contributed by atoms with E-state index in [1.807, 2.05) is 32.9 Å². The summed E-state index contributed by atoms with van der Waals surface area (Å²) in [5.74, 6) is -0.0267. The standard InChI is InChI=1S/C20H21NOS/c1-13-5-7-14(8-6-13)17-11-15(19(22)21-20(2,3)4)12-18-16(17)9-10-23-18/h5-12H,1-4H3,(H,21,22). The molecule has 0 aliphatic carbocycles. The summed E-state index contributed by atoms with van der Waals surface area (Å²) < 4.78 is 1.14. The first-order valence-electron chi connectivity index (χ1n) is 7.74. The minimum absolute atomic E-state index is 0.0267. The van der Waals surface area contributed by atoms with Crippen LogP contribution in [-0.4, -0.2) is 11.4 Å². The number of carbonyl (C=O) groups is 1. The fourth-order valence-corrected chi connectivity index (χ4v) is 3.44. The molecule has 0 saturated heterocycles. The summed E-state index contributed by atoms with van der Waals surface area (Å²) in [5, 5.41) is 6.32. The molecule has 118 valence electrons. The number of thiophene rings is 1. The fraction of sp³-hybridized carbons (Fsp3) is 0.250. The van der Waals surface area contributed by atoms with Gasteiger partial charge in [-0.15, -0.1) is 11.3 Å². The third kappa shape index (κ3) is 3.45. The molecule has 3 rings (SSSR count). The molecule has 0 unspecified atom stereocenters. The van der Waals surface area contributed by atoms with Gasteiger partial charge in [0.15, 0.2) is 0 Å². The largest absolute Gasteiger partial charge is 0.347 e. The van der Waals surface area contributed by atoms with Crippen LogP contribution in [0.4, 0.5) is 0 Å². The number of hydrogen-bond acceptors (Lipinski definition) is 2. The summed E-state index contributed by atoms with van der Waals surface area (Å²) in [6.45, 7) is 8.07. The van der Waals surface area contributed by atoms with Crippen molar-refractivity contribution < 1.29 is 4.79 Å². The molecular weight excluding hydrogens is 302 g/mol. The number of hydrogen-bond donors (Lipinski definition) is 1. The van der Waals surface area contributed by atoms with Crippen molar-refractivity contribution in [1.29, 1.82) is 0 Å². The van der Waals surface area contributed by atoms with E-state index in [1.165, 1.54) is 10.9 Å². The minimum Gasteiger partial charge on any atom is -0.347 e. The van der Waals surface area contributed by atoms with E-state index in [-0.39, 0.29) is 11.4 Å². The van der Waals surface area contributed by atoms with Gasteiger partial charge in [-0.2, -0.15) is 0 Å². The Bertz CT molecular complexity index is 853. The highest BCUT2D eigenvalue weighted by Crippen LogP contribution is 2.33. The summed E-state index contributed by atoms with van der Waals surface area (Å²) in [5.41, 5.74) is 3.96. The summed E-state index contributed by atoms with van der Waals surface area (Å²) in [6, 6.07) is 14.6. The molecule has 1 aromatic heterocycles. The van der Waals surface area contributed by atoms with Crippen LogP contribution in [0, 0.1) is 6.92 Å². The maximum Gasteiger partial charge on any atom is 0.251 e. The van der Waals surface area contributed by atoms with Crippen LogP contribution in [0.3, 0.4) is 0 Å². The monoisotopic (exact) mass is 323 g/mol. The van der Waals surface area contributed by atoms with Gasteiger partial charge in [0.25, 0.3) is 5.91 Å². The second kappa shape index (κ2) is 5.82. The van der Waals surface area contributed by atoms with Gasteiger partial charge in [0, 0.05) is 21.2 Å². The van der Waals surface area contributed by atoms with Gasteiger partial charge in [-0.05, 0) is 62.4 Å². The Morgan fingerprint density at radius 3 is 2.39 bits per heavy atom. The zero-order chi connectivity index (χ0) is 16.6. The number of benzene rings is 2. The second-order valence-electron chi connectivity index (χ2n) is 6.93. The number of amides is 1. The van der Waals surface area contributed by atoms with Crippen molar-refractivity contribution in [3.05, 3.63) is 59.0 Å². The van der Waals surface area contributed by atoms with Crippen LogP contribution < -0.4 is 5.32 Å². The Hall–Kier alpha value is -2.13. The van der Waals surface area contributed by atoms with Crippen LogP contribution in [0.1, 0.15) is 36.7 Å². The topological polar surface area (TPSA) is 29.1 Å². The van der Waals surface area contributed by atoms with E-state index in [0.29, 0.717) is 5.56 Å². The van der Waals surface area contributed by atoms with E-state index in [1.54, 1.807) is 11.3 Å². The lowest BCUT2D eigenvalue weighted by atomic mass is 9.98. The maximum atomic E-state index is 12.6. The van der Waals surface area contributed by atoms with E-state index < -0.39 is 0 Å². The Balaban J connectivity index is 2.12. The molecule has 0 aliphatic heterocycles. The fourth-order valence-electron chi connectivity index (χ4n) is 2.59. The molecule has 2 aromatic carbocycles. The lowest BCUT2D eigenvalue weighted by Crippen LogP contribution is -2.40. The lowest BCUT2D eigenvalue weighted by molar-refractivity contribution is 0.0920. The van der Waals surface area contributed by atoms with Crippen molar-refractivity contribution in [3.63, 3.8) is 0 Å². The van der Waals surface area contributed by atoms with Gasteiger partial charge in [-0.25, -0.2) is 0 Å². The smallest absolute Gasteiger partial charge is 0.251 e. The number of carbonyl (C=O) groups excluding carboxylic acids is 1. The van der Waals surface area contributed by atoms with E-state index in [9.17, 15) is 4.79 Å². The summed E-state index contributed by atoms with van der Waals surface area (Å²) in [7, 11) is 0. The van der Waals surface area contributed by atoms with Crippen LogP contribution >= 0.6 is 11.3 Å². The Kier molecular flexibility index (Phi) is 3.99. The highest BCUT2D eigenvalue weighted by molar-refractivity contribution is 7.17. The van der Waals surface area contributed by atoms with E-state index in [0.717, 1.165) is 15.8 Å². The van der Waals surface area contributed by atoms with E-state index in [2.05, 4.69) is 48.0 Å². The first kappa shape index (κ1) is 15.8. The molecule has 0 fully saturated rings. The van der Waals surface area contributed by atoms with Gasteiger partial charge in [0.05, 0.1) is 0 Å². The van der Waals surface area contributed by atoms with Crippen molar-refractivity contribution in [2.75, 3.05) is 0 Å². The average molecular weight is 323 g/mol. The molecule has 0 saturated carbocycles. The predicted molar refractivity (Wildman–Crippen MR) is 99.2 cm³/mol. The Morgan fingerprint density at radius 1 is 1.04 bits per heavy atom. The van der Waals surface area contributed by atoms with Gasteiger partial charge < -0.3 is 5.32 Å². The average Bonchev–Trinajstić information content (AvgIpc) is 2.93. The van der Waals surface area contributed by atoms with Crippen molar-refractivity contribution >= 4 is 27.3 Å². The molecule has 1 N–H and O–H groups in total. The number of fused-ring (bicyclic) bond motifs is 1. The zero-order valence-corrected chi connectivity index (χ0v) is 14.8. The van der Waals surface area contributed by atoms with Gasteiger partial charge in [-0.1, -0.05) is 29.8 Å². The predicted octanol–water partition coefficient (Wildman–Crippen LogP) is 5.41. The molecule has 0 radical (unpaired) electrons. The molecule has 23 heavy (non-hydrogen) atoms. The molecular formula is C20H21NOS. The van der Waals surface area contributed by atoms with Crippen LogP contribution in [0.15, 0.2) is 47.8 Å². The maximum absolute atomic E-state index is 12.6. The van der Waals surface area contributed by atoms with Gasteiger partial charge in [0.1, 0.15) is 0 Å². The van der Waals surface area contributed by atoms with Crippen molar-refractivity contribution in [2.45, 2.75) is 33.2 Å². The van der Waals surface area contributed by atoms with Crippen LogP contribution in [0.25, 0.3) is 21.2 Å². The Labute approximate surface area is 141 Å². The Morgan fingerprint density at radius 2 is 1.74 bits per heavy atom. The van der Waals surface area contributed by atoms with Crippen molar-refractivity contribution in [3.8, 4) is 11.1 Å². The van der Waals surface area contributed by atoms with E-state index in [4.69, 9.17) is 0 Å². The highest BCUT2D eigenvalue weighted by atomic mass is 32.1. The van der Waals surface area contributed by atoms with Gasteiger partial charge in [0.2, 0.25) is 0 Å². The molecule has 0 atom stereocenters. The van der Waals surface area contributed by atoms with Crippen LogP contribution in [-0.2, 0) is 0 Å². The number of aryl methyl sites for hydroxylation is 1. The SMILES string of the molecule is Cc1ccc(-c2cc(C(=O)NC(C)(C)C)cc3sccc23)cc1. The lowest BCUT2D eigenvalue weighted by Gasteiger charge is -2.21. The molecule has 1 heterocycles. The van der Waals surface area contributed by atoms with Crippen molar-refractivity contribution in [1.82, 2.24) is 5.32 Å². The summed E-state index contributed by atoms with van der Waals surface area (Å²) in [6.07, 6.45) is 0. The third-order valence-electron chi connectivity index (χ3n) is 3.69. The van der Waals surface area contributed by atoms with Crippen molar-refractivity contribution in [2.24, 2.45) is 0 Å². The number of nitrogens with one attached hydrogen (secondary N) is 1. The summed E-state index contributed by atoms with van der Waals surface area (Å²) in [4.78, 5) is 12.6. The third-order valence-corrected chi connectivity index (χ3v) is 4.55. The zero-order valence-electron chi connectivity index (χ0n) is 13.9. The van der Waals surface area contributed by atoms with Gasteiger partial charge in [-0.3, -0.25) is 4.79 Å². The molecule has 1 amide bonds. The van der Waals surface area contributed by atoms with E-state index >= 15 is 0 Å². The van der Waals surface area contributed by atoms with Gasteiger partial charge >= 0.3 is 0 Å². The molecule has 3 aromatic rings. The molecule has 0 spiro atoms. The summed E-state index contributed by atoms with van der Waals surface area (Å²) >= 11 is 1.67. The minimum atomic E-state index is -0.245. The molecule has 3 heteroatoms. The van der Waals surface area contributed by atoms with Crippen LogP contribution in [0.5, 0.6) is 0 Å². The number of rotatable bonds is 2. The molecule has 0 bridgehead atoms. The molecule has 0 aliphatic rings. The quantitative estimate of drug-likeness (QED) is 0.671. The second-order valence-corrected chi connectivity index (χ2v) is 7.87. The van der Waals surface area contributed by atoms with Crippen LogP contribution in [0.2, 0.25) is 0 Å². The highest BCUT2D eigenvalue weighted by Gasteiger charge is 2.17. The normalized spacial score (nSPS) is 11.7.